The molecule has 15 heavy (non-hydrogen) atoms. The van der Waals surface area contributed by atoms with Crippen LogP contribution < -0.4 is 10.1 Å². The molecule has 0 aliphatic carbocycles. The number of hydrogen-bond acceptors (Lipinski definition) is 2. The highest BCUT2D eigenvalue weighted by molar-refractivity contribution is 5.36. The van der Waals surface area contributed by atoms with Crippen molar-refractivity contribution in [3.8, 4) is 5.75 Å². The maximum Gasteiger partial charge on any atom is 0.123 e. The van der Waals surface area contributed by atoms with Crippen LogP contribution in [0.15, 0.2) is 18.2 Å². The van der Waals surface area contributed by atoms with Gasteiger partial charge in [0.25, 0.3) is 0 Å². The third kappa shape index (κ3) is 3.88. The molecule has 0 aromatic heterocycles. The summed E-state index contributed by atoms with van der Waals surface area (Å²) in [4.78, 5) is 0. The lowest BCUT2D eigenvalue weighted by atomic mass is 10.1. The molecule has 0 fully saturated rings. The molecule has 1 aromatic rings. The number of nitrogens with one attached hydrogen (secondary N) is 1. The van der Waals surface area contributed by atoms with Gasteiger partial charge >= 0.3 is 0 Å². The lowest BCUT2D eigenvalue weighted by Gasteiger charge is -2.10. The minimum atomic E-state index is -0.266. The second kappa shape index (κ2) is 6.40. The number of benzene rings is 1. The first-order valence-corrected chi connectivity index (χ1v) is 5.18. The molecule has 0 spiro atoms. The van der Waals surface area contributed by atoms with Crippen molar-refractivity contribution in [1.82, 2.24) is 5.32 Å². The van der Waals surface area contributed by atoms with Crippen LogP contribution in [0.25, 0.3) is 0 Å². The molecule has 1 N–H and O–H groups in total. The second-order valence-corrected chi connectivity index (χ2v) is 3.53. The smallest absolute Gasteiger partial charge is 0.123 e. The highest BCUT2D eigenvalue weighted by atomic mass is 19.1. The summed E-state index contributed by atoms with van der Waals surface area (Å²) >= 11 is 0. The number of halogens is 1. The van der Waals surface area contributed by atoms with Crippen molar-refractivity contribution in [3.05, 3.63) is 29.3 Å². The van der Waals surface area contributed by atoms with Gasteiger partial charge in [-0.15, -0.1) is 0 Å². The van der Waals surface area contributed by atoms with Crippen molar-refractivity contribution in [1.29, 1.82) is 0 Å². The van der Waals surface area contributed by atoms with E-state index in [1.807, 2.05) is 19.1 Å². The lowest BCUT2D eigenvalue weighted by Crippen LogP contribution is -2.15. The third-order valence-electron chi connectivity index (χ3n) is 2.24. The van der Waals surface area contributed by atoms with E-state index in [1.54, 1.807) is 7.11 Å². The number of aryl methyl sites for hydroxylation is 1. The van der Waals surface area contributed by atoms with Gasteiger partial charge in [0.1, 0.15) is 5.75 Å². The van der Waals surface area contributed by atoms with Crippen molar-refractivity contribution in [2.45, 2.75) is 19.9 Å². The Morgan fingerprint density at radius 1 is 1.40 bits per heavy atom. The fraction of sp³-hybridized carbons (Fsp3) is 0.500. The number of alkyl halides is 1. The number of ether oxygens (including phenoxy) is 1. The van der Waals surface area contributed by atoms with E-state index in [1.165, 1.54) is 5.56 Å². The predicted octanol–water partition coefficient (Wildman–Crippen LogP) is 2.45. The van der Waals surface area contributed by atoms with Crippen LogP contribution in [0.5, 0.6) is 5.75 Å². The Kier molecular flexibility index (Phi) is 5.12. The molecule has 0 aliphatic rings. The van der Waals surface area contributed by atoms with Gasteiger partial charge in [-0.05, 0) is 26.0 Å². The van der Waals surface area contributed by atoms with E-state index < -0.39 is 0 Å². The van der Waals surface area contributed by atoms with Crippen molar-refractivity contribution >= 4 is 0 Å². The van der Waals surface area contributed by atoms with E-state index in [-0.39, 0.29) is 6.67 Å². The van der Waals surface area contributed by atoms with Crippen molar-refractivity contribution < 1.29 is 9.13 Å². The first-order valence-electron chi connectivity index (χ1n) is 5.18. The highest BCUT2D eigenvalue weighted by Gasteiger charge is 2.01. The van der Waals surface area contributed by atoms with Gasteiger partial charge in [-0.25, -0.2) is 0 Å². The standard InChI is InChI=1S/C12H18FNO/c1-10-4-5-12(15-2)11(8-10)9-14-7-3-6-13/h4-5,8,14H,3,6-7,9H2,1-2H3. The fourth-order valence-electron chi connectivity index (χ4n) is 1.46. The van der Waals surface area contributed by atoms with Gasteiger partial charge in [0, 0.05) is 12.1 Å². The maximum absolute atomic E-state index is 11.9. The molecule has 0 heterocycles. The van der Waals surface area contributed by atoms with E-state index in [0.29, 0.717) is 13.0 Å². The largest absolute Gasteiger partial charge is 0.496 e. The molecule has 0 atom stereocenters. The summed E-state index contributed by atoms with van der Waals surface area (Å²) in [6.45, 7) is 3.21. The van der Waals surface area contributed by atoms with Crippen LogP contribution in [0, 0.1) is 6.92 Å². The fourth-order valence-corrected chi connectivity index (χ4v) is 1.46. The first kappa shape index (κ1) is 12.0. The average Bonchev–Trinajstić information content (AvgIpc) is 2.25. The van der Waals surface area contributed by atoms with Crippen LogP contribution in [-0.4, -0.2) is 20.3 Å². The molecule has 84 valence electrons. The minimum Gasteiger partial charge on any atom is -0.496 e. The van der Waals surface area contributed by atoms with Crippen LogP contribution >= 0.6 is 0 Å². The molecule has 0 bridgehead atoms. The predicted molar refractivity (Wildman–Crippen MR) is 60.0 cm³/mol. The summed E-state index contributed by atoms with van der Waals surface area (Å²) in [5.41, 5.74) is 2.33. The molecule has 1 aromatic carbocycles. The van der Waals surface area contributed by atoms with Gasteiger partial charge in [-0.1, -0.05) is 17.7 Å². The Labute approximate surface area is 90.4 Å². The quantitative estimate of drug-likeness (QED) is 0.730. The zero-order valence-corrected chi connectivity index (χ0v) is 9.35. The monoisotopic (exact) mass is 211 g/mol. The van der Waals surface area contributed by atoms with Crippen LogP contribution in [0.4, 0.5) is 4.39 Å². The van der Waals surface area contributed by atoms with Gasteiger partial charge in [0.15, 0.2) is 0 Å². The number of rotatable bonds is 6. The molecular formula is C12H18FNO. The van der Waals surface area contributed by atoms with E-state index in [2.05, 4.69) is 11.4 Å². The second-order valence-electron chi connectivity index (χ2n) is 3.53. The molecular weight excluding hydrogens is 193 g/mol. The van der Waals surface area contributed by atoms with Gasteiger partial charge in [-0.2, -0.15) is 0 Å². The first-order chi connectivity index (χ1) is 7.27. The Morgan fingerprint density at radius 3 is 2.87 bits per heavy atom. The number of methoxy groups -OCH3 is 1. The molecule has 2 nitrogen and oxygen atoms in total. The normalized spacial score (nSPS) is 10.3. The summed E-state index contributed by atoms with van der Waals surface area (Å²) in [7, 11) is 1.66. The van der Waals surface area contributed by atoms with E-state index in [0.717, 1.165) is 17.9 Å². The molecule has 1 rings (SSSR count). The van der Waals surface area contributed by atoms with Gasteiger partial charge in [0.05, 0.1) is 13.8 Å². The molecule has 0 aliphatic heterocycles. The molecule has 3 heteroatoms. The number of hydrogen-bond donors (Lipinski definition) is 1. The van der Waals surface area contributed by atoms with Gasteiger partial charge < -0.3 is 10.1 Å². The molecule has 0 radical (unpaired) electrons. The van der Waals surface area contributed by atoms with Crippen LogP contribution in [0.1, 0.15) is 17.5 Å². The van der Waals surface area contributed by atoms with E-state index in [4.69, 9.17) is 4.74 Å². The van der Waals surface area contributed by atoms with E-state index >= 15 is 0 Å². The van der Waals surface area contributed by atoms with Crippen LogP contribution in [-0.2, 0) is 6.54 Å². The summed E-state index contributed by atoms with van der Waals surface area (Å²) in [6.07, 6.45) is 0.564. The highest BCUT2D eigenvalue weighted by Crippen LogP contribution is 2.19. The minimum absolute atomic E-state index is 0.266. The van der Waals surface area contributed by atoms with Crippen molar-refractivity contribution in [2.75, 3.05) is 20.3 Å². The third-order valence-corrected chi connectivity index (χ3v) is 2.24. The molecule has 0 unspecified atom stereocenters. The van der Waals surface area contributed by atoms with Crippen molar-refractivity contribution in [3.63, 3.8) is 0 Å². The van der Waals surface area contributed by atoms with Crippen LogP contribution in [0.2, 0.25) is 0 Å². The van der Waals surface area contributed by atoms with Crippen LogP contribution in [0.3, 0.4) is 0 Å². The average molecular weight is 211 g/mol. The molecule has 0 saturated heterocycles. The van der Waals surface area contributed by atoms with Gasteiger partial charge in [-0.3, -0.25) is 4.39 Å². The van der Waals surface area contributed by atoms with Gasteiger partial charge in [0.2, 0.25) is 0 Å². The Balaban J connectivity index is 2.54. The zero-order valence-electron chi connectivity index (χ0n) is 9.35. The molecule has 0 amide bonds. The summed E-state index contributed by atoms with van der Waals surface area (Å²) in [5.74, 6) is 0.883. The maximum atomic E-state index is 11.9. The molecule has 0 saturated carbocycles. The Morgan fingerprint density at radius 2 is 2.20 bits per heavy atom. The Hall–Kier alpha value is -1.09. The summed E-state index contributed by atoms with van der Waals surface area (Å²) in [5, 5.41) is 3.18. The Bertz CT molecular complexity index is 302. The summed E-state index contributed by atoms with van der Waals surface area (Å²) < 4.78 is 17.1. The zero-order chi connectivity index (χ0) is 11.1. The summed E-state index contributed by atoms with van der Waals surface area (Å²) in [6, 6.07) is 6.06. The SMILES string of the molecule is COc1ccc(C)cc1CNCCCF. The van der Waals surface area contributed by atoms with E-state index in [9.17, 15) is 4.39 Å². The lowest BCUT2D eigenvalue weighted by molar-refractivity contribution is 0.406. The topological polar surface area (TPSA) is 21.3 Å². The van der Waals surface area contributed by atoms with Crippen molar-refractivity contribution in [2.24, 2.45) is 0 Å².